The van der Waals surface area contributed by atoms with Crippen molar-refractivity contribution in [1.82, 2.24) is 21.3 Å². The molecule has 0 spiro atoms. The van der Waals surface area contributed by atoms with Gasteiger partial charge in [0.25, 0.3) is 0 Å². The van der Waals surface area contributed by atoms with Crippen LogP contribution in [0.2, 0.25) is 0 Å². The Morgan fingerprint density at radius 3 is 2.54 bits per heavy atom. The number of unbranched alkanes of at least 4 members (excludes halogenated alkanes) is 1. The van der Waals surface area contributed by atoms with Crippen LogP contribution in [-0.4, -0.2) is 54.0 Å². The molecule has 136 valence electrons. The Hall–Kier alpha value is -1.44. The van der Waals surface area contributed by atoms with Gasteiger partial charge in [-0.3, -0.25) is 9.59 Å². The second-order valence-corrected chi connectivity index (χ2v) is 7.59. The Morgan fingerprint density at radius 1 is 1.12 bits per heavy atom. The van der Waals surface area contributed by atoms with E-state index in [4.69, 9.17) is 0 Å². The quantitative estimate of drug-likeness (QED) is 0.343. The van der Waals surface area contributed by atoms with Gasteiger partial charge in [0.2, 0.25) is 11.8 Å². The highest BCUT2D eigenvalue weighted by Crippen LogP contribution is 2.33. The van der Waals surface area contributed by atoms with Gasteiger partial charge in [-0.1, -0.05) is 13.3 Å². The summed E-state index contributed by atoms with van der Waals surface area (Å²) < 4.78 is 0. The number of rotatable bonds is 10. The average molecular weight is 356 g/mol. The van der Waals surface area contributed by atoms with Crippen molar-refractivity contribution in [2.75, 3.05) is 18.8 Å². The summed E-state index contributed by atoms with van der Waals surface area (Å²) in [6.07, 6.45) is 4.73. The molecule has 0 aromatic rings. The molecule has 2 heterocycles. The molecule has 0 radical (unpaired) electrons. The van der Waals surface area contributed by atoms with E-state index < -0.39 is 0 Å². The van der Waals surface area contributed by atoms with Gasteiger partial charge in [-0.05, 0) is 19.3 Å². The third kappa shape index (κ3) is 5.89. The second-order valence-electron chi connectivity index (χ2n) is 6.32. The molecular formula is C16H28N4O3S. The number of nitrogens with one attached hydrogen (secondary N) is 4. The monoisotopic (exact) mass is 356 g/mol. The number of urea groups is 1. The van der Waals surface area contributed by atoms with E-state index in [1.54, 1.807) is 0 Å². The molecule has 2 aliphatic heterocycles. The Labute approximate surface area is 147 Å². The Balaban J connectivity index is 1.48. The second kappa shape index (κ2) is 9.76. The van der Waals surface area contributed by atoms with Crippen molar-refractivity contribution in [1.29, 1.82) is 0 Å². The van der Waals surface area contributed by atoms with Gasteiger partial charge in [-0.2, -0.15) is 11.8 Å². The zero-order chi connectivity index (χ0) is 17.4. The lowest BCUT2D eigenvalue weighted by molar-refractivity contribution is -0.123. The number of carbonyl (C=O) groups is 3. The largest absolute Gasteiger partial charge is 0.354 e. The molecule has 3 unspecified atom stereocenters. The standard InChI is InChI=1S/C16H28N4O3S/c1-2-5-13(21)17-8-9-18-14(22)7-4-3-6-12-15-11(10-24-12)19-16(23)20-15/h11-12,15H,2-10H2,1H3,(H,17,21)(H,18,22)(H2,19,20,23). The van der Waals surface area contributed by atoms with Gasteiger partial charge in [-0.25, -0.2) is 4.79 Å². The van der Waals surface area contributed by atoms with Crippen LogP contribution in [0, 0.1) is 0 Å². The van der Waals surface area contributed by atoms with Crippen molar-refractivity contribution in [3.05, 3.63) is 0 Å². The Morgan fingerprint density at radius 2 is 1.83 bits per heavy atom. The van der Waals surface area contributed by atoms with Crippen LogP contribution in [-0.2, 0) is 9.59 Å². The molecule has 2 rings (SSSR count). The molecule has 0 saturated carbocycles. The van der Waals surface area contributed by atoms with Crippen molar-refractivity contribution in [3.63, 3.8) is 0 Å². The first-order valence-electron chi connectivity index (χ1n) is 8.82. The lowest BCUT2D eigenvalue weighted by Crippen LogP contribution is -2.36. The van der Waals surface area contributed by atoms with Gasteiger partial charge in [0.05, 0.1) is 12.1 Å². The van der Waals surface area contributed by atoms with Crippen molar-refractivity contribution in [3.8, 4) is 0 Å². The molecule has 0 bridgehead atoms. The van der Waals surface area contributed by atoms with Crippen LogP contribution in [0.5, 0.6) is 0 Å². The first kappa shape index (κ1) is 18.9. The lowest BCUT2D eigenvalue weighted by Gasteiger charge is -2.16. The van der Waals surface area contributed by atoms with Crippen molar-refractivity contribution >= 4 is 29.6 Å². The van der Waals surface area contributed by atoms with Gasteiger partial charge in [-0.15, -0.1) is 0 Å². The highest BCUT2D eigenvalue weighted by atomic mass is 32.2. The van der Waals surface area contributed by atoms with Crippen LogP contribution in [0.1, 0.15) is 45.4 Å². The Bertz CT molecular complexity index is 461. The maximum absolute atomic E-state index is 11.7. The molecule has 7 nitrogen and oxygen atoms in total. The van der Waals surface area contributed by atoms with Gasteiger partial charge in [0.1, 0.15) is 0 Å². The number of thioether (sulfide) groups is 1. The van der Waals surface area contributed by atoms with Gasteiger partial charge < -0.3 is 21.3 Å². The fourth-order valence-electron chi connectivity index (χ4n) is 3.08. The van der Waals surface area contributed by atoms with Crippen LogP contribution < -0.4 is 21.3 Å². The van der Waals surface area contributed by atoms with Crippen molar-refractivity contribution in [2.24, 2.45) is 0 Å². The molecule has 0 aromatic carbocycles. The van der Waals surface area contributed by atoms with Crippen molar-refractivity contribution < 1.29 is 14.4 Å². The van der Waals surface area contributed by atoms with E-state index in [9.17, 15) is 14.4 Å². The summed E-state index contributed by atoms with van der Waals surface area (Å²) in [5, 5.41) is 12.0. The summed E-state index contributed by atoms with van der Waals surface area (Å²) in [6, 6.07) is 0.447. The van der Waals surface area contributed by atoms with E-state index in [1.165, 1.54) is 0 Å². The first-order chi connectivity index (χ1) is 11.6. The first-order valence-corrected chi connectivity index (χ1v) is 9.87. The molecule has 0 aromatic heterocycles. The third-order valence-electron chi connectivity index (χ3n) is 4.33. The third-order valence-corrected chi connectivity index (χ3v) is 5.84. The van der Waals surface area contributed by atoms with E-state index in [2.05, 4.69) is 21.3 Å². The van der Waals surface area contributed by atoms with E-state index in [1.807, 2.05) is 18.7 Å². The number of hydrogen-bond acceptors (Lipinski definition) is 4. The number of hydrogen-bond donors (Lipinski definition) is 4. The minimum Gasteiger partial charge on any atom is -0.354 e. The maximum atomic E-state index is 11.7. The number of carbonyl (C=O) groups excluding carboxylic acids is 3. The van der Waals surface area contributed by atoms with Crippen LogP contribution in [0.15, 0.2) is 0 Å². The molecule has 8 heteroatoms. The molecular weight excluding hydrogens is 328 g/mol. The smallest absolute Gasteiger partial charge is 0.315 e. The summed E-state index contributed by atoms with van der Waals surface area (Å²) >= 11 is 1.90. The van der Waals surface area contributed by atoms with Gasteiger partial charge in [0, 0.05) is 36.9 Å². The van der Waals surface area contributed by atoms with E-state index >= 15 is 0 Å². The number of amides is 4. The van der Waals surface area contributed by atoms with Crippen LogP contribution in [0.3, 0.4) is 0 Å². The predicted molar refractivity (Wildman–Crippen MR) is 94.9 cm³/mol. The summed E-state index contributed by atoms with van der Waals surface area (Å²) in [6.45, 7) is 2.93. The fraction of sp³-hybridized carbons (Fsp3) is 0.812. The minimum absolute atomic E-state index is 0.0347. The highest BCUT2D eigenvalue weighted by Gasteiger charge is 2.42. The summed E-state index contributed by atoms with van der Waals surface area (Å²) in [5.74, 6) is 1.04. The van der Waals surface area contributed by atoms with E-state index in [-0.39, 0.29) is 29.9 Å². The summed E-state index contributed by atoms with van der Waals surface area (Å²) in [4.78, 5) is 34.3. The summed E-state index contributed by atoms with van der Waals surface area (Å²) in [7, 11) is 0. The molecule has 0 aliphatic carbocycles. The van der Waals surface area contributed by atoms with Crippen LogP contribution in [0.4, 0.5) is 4.79 Å². The molecule has 2 saturated heterocycles. The van der Waals surface area contributed by atoms with Gasteiger partial charge >= 0.3 is 6.03 Å². The topological polar surface area (TPSA) is 99.3 Å². The molecule has 24 heavy (non-hydrogen) atoms. The fourth-order valence-corrected chi connectivity index (χ4v) is 4.63. The minimum atomic E-state index is -0.0549. The Kier molecular flexibility index (Phi) is 7.68. The molecule has 2 aliphatic rings. The van der Waals surface area contributed by atoms with Crippen LogP contribution in [0.25, 0.3) is 0 Å². The SMILES string of the molecule is CCCC(=O)NCCNC(=O)CCCCC1SCC2NC(=O)NC21. The molecule has 4 N–H and O–H groups in total. The van der Waals surface area contributed by atoms with E-state index in [0.717, 1.165) is 31.4 Å². The van der Waals surface area contributed by atoms with Gasteiger partial charge in [0.15, 0.2) is 0 Å². The highest BCUT2D eigenvalue weighted by molar-refractivity contribution is 8.00. The lowest BCUT2D eigenvalue weighted by atomic mass is 10.0. The van der Waals surface area contributed by atoms with E-state index in [0.29, 0.717) is 31.2 Å². The predicted octanol–water partition coefficient (Wildman–Crippen LogP) is 0.745. The zero-order valence-corrected chi connectivity index (χ0v) is 15.0. The normalized spacial score (nSPS) is 24.9. The van der Waals surface area contributed by atoms with Crippen LogP contribution >= 0.6 is 11.8 Å². The maximum Gasteiger partial charge on any atom is 0.315 e. The zero-order valence-electron chi connectivity index (χ0n) is 14.2. The molecule has 2 fully saturated rings. The summed E-state index contributed by atoms with van der Waals surface area (Å²) in [5.41, 5.74) is 0. The molecule has 3 atom stereocenters. The van der Waals surface area contributed by atoms with Crippen molar-refractivity contribution in [2.45, 2.75) is 62.8 Å². The number of fused-ring (bicyclic) bond motifs is 1. The molecule has 4 amide bonds. The average Bonchev–Trinajstić information content (AvgIpc) is 3.08.